The minimum Gasteiger partial charge on any atom is -0.480 e. The molecule has 0 aliphatic rings. The lowest BCUT2D eigenvalue weighted by atomic mass is 9.87. The number of carboxylic acid groups (broad SMARTS) is 1. The second-order valence-electron chi connectivity index (χ2n) is 6.69. The fourth-order valence-corrected chi connectivity index (χ4v) is 2.93. The van der Waals surface area contributed by atoms with Gasteiger partial charge in [0.15, 0.2) is 11.3 Å². The standard InChI is InChI=1S/C19H37NO3/c1-3-5-6-7-8-9-10-11-12-13-14-15-16-19(20,18(22)23)17(21)4-2/h3-16,20H2,1-2H3,(H,22,23). The average Bonchev–Trinajstić information content (AvgIpc) is 2.54. The van der Waals surface area contributed by atoms with Gasteiger partial charge in [0.05, 0.1) is 0 Å². The van der Waals surface area contributed by atoms with Crippen molar-refractivity contribution >= 4 is 11.8 Å². The van der Waals surface area contributed by atoms with Crippen molar-refractivity contribution in [1.29, 1.82) is 0 Å². The van der Waals surface area contributed by atoms with Gasteiger partial charge in [-0.2, -0.15) is 0 Å². The van der Waals surface area contributed by atoms with E-state index >= 15 is 0 Å². The van der Waals surface area contributed by atoms with Crippen molar-refractivity contribution in [3.05, 3.63) is 0 Å². The van der Waals surface area contributed by atoms with E-state index < -0.39 is 11.5 Å². The first-order valence-electron chi connectivity index (χ1n) is 9.54. The summed E-state index contributed by atoms with van der Waals surface area (Å²) in [5.74, 6) is -1.56. The zero-order valence-electron chi connectivity index (χ0n) is 15.2. The summed E-state index contributed by atoms with van der Waals surface area (Å²) in [4.78, 5) is 22.9. The zero-order chi connectivity index (χ0) is 17.6. The summed E-state index contributed by atoms with van der Waals surface area (Å²) in [5, 5.41) is 9.17. The van der Waals surface area contributed by atoms with Crippen LogP contribution >= 0.6 is 0 Å². The molecule has 0 rings (SSSR count). The summed E-state index contributed by atoms with van der Waals surface area (Å²) >= 11 is 0. The zero-order valence-corrected chi connectivity index (χ0v) is 15.2. The lowest BCUT2D eigenvalue weighted by Gasteiger charge is -2.22. The van der Waals surface area contributed by atoms with Crippen LogP contribution in [0.4, 0.5) is 0 Å². The van der Waals surface area contributed by atoms with Gasteiger partial charge in [0.1, 0.15) is 0 Å². The third-order valence-electron chi connectivity index (χ3n) is 4.62. The van der Waals surface area contributed by atoms with Gasteiger partial charge in [-0.25, -0.2) is 4.79 Å². The Morgan fingerprint density at radius 3 is 1.52 bits per heavy atom. The monoisotopic (exact) mass is 327 g/mol. The molecule has 4 heteroatoms. The molecule has 0 aromatic carbocycles. The first-order chi connectivity index (χ1) is 11.0. The van der Waals surface area contributed by atoms with Crippen molar-refractivity contribution in [3.63, 3.8) is 0 Å². The number of rotatable bonds is 16. The number of carbonyl (C=O) groups is 2. The van der Waals surface area contributed by atoms with E-state index in [2.05, 4.69) is 6.92 Å². The Morgan fingerprint density at radius 1 is 0.783 bits per heavy atom. The summed E-state index contributed by atoms with van der Waals surface area (Å²) in [6, 6.07) is 0. The lowest BCUT2D eigenvalue weighted by Crippen LogP contribution is -2.54. The fraction of sp³-hybridized carbons (Fsp3) is 0.895. The molecule has 3 N–H and O–H groups in total. The number of ketones is 1. The molecule has 0 saturated heterocycles. The summed E-state index contributed by atoms with van der Waals surface area (Å²) < 4.78 is 0. The molecule has 0 aromatic rings. The molecule has 136 valence electrons. The predicted octanol–water partition coefficient (Wildman–Crippen LogP) is 4.84. The van der Waals surface area contributed by atoms with Gasteiger partial charge < -0.3 is 10.8 Å². The molecule has 1 unspecified atom stereocenters. The lowest BCUT2D eigenvalue weighted by molar-refractivity contribution is -0.148. The molecule has 0 saturated carbocycles. The molecule has 4 nitrogen and oxygen atoms in total. The summed E-state index contributed by atoms with van der Waals surface area (Å²) in [5.41, 5.74) is 4.10. The van der Waals surface area contributed by atoms with Gasteiger partial charge in [-0.3, -0.25) is 4.79 Å². The first kappa shape index (κ1) is 22.1. The van der Waals surface area contributed by atoms with Crippen LogP contribution in [-0.2, 0) is 9.59 Å². The topological polar surface area (TPSA) is 80.4 Å². The number of unbranched alkanes of at least 4 members (excludes halogenated alkanes) is 11. The van der Waals surface area contributed by atoms with E-state index in [0.29, 0.717) is 6.42 Å². The molecule has 0 aliphatic carbocycles. The maximum Gasteiger partial charge on any atom is 0.331 e. The minimum absolute atomic E-state index is 0.182. The molecule has 0 fully saturated rings. The smallest absolute Gasteiger partial charge is 0.331 e. The summed E-state index contributed by atoms with van der Waals surface area (Å²) in [7, 11) is 0. The van der Waals surface area contributed by atoms with Crippen molar-refractivity contribution in [2.45, 2.75) is 109 Å². The number of carboxylic acids is 1. The third kappa shape index (κ3) is 9.75. The minimum atomic E-state index is -1.67. The SMILES string of the molecule is CCCCCCCCCCCCCCC(N)(C(=O)O)C(=O)CC. The van der Waals surface area contributed by atoms with E-state index in [-0.39, 0.29) is 18.6 Å². The number of aliphatic carboxylic acids is 1. The summed E-state index contributed by atoms with van der Waals surface area (Å²) in [6.45, 7) is 3.90. The van der Waals surface area contributed by atoms with Gasteiger partial charge in [-0.1, -0.05) is 90.9 Å². The van der Waals surface area contributed by atoms with Crippen LogP contribution in [0.3, 0.4) is 0 Å². The summed E-state index contributed by atoms with van der Waals surface area (Å²) in [6.07, 6.45) is 15.1. The molecule has 0 bridgehead atoms. The van der Waals surface area contributed by atoms with Crippen LogP contribution in [0.2, 0.25) is 0 Å². The van der Waals surface area contributed by atoms with Crippen molar-refractivity contribution in [2.24, 2.45) is 5.73 Å². The molecular formula is C19H37NO3. The van der Waals surface area contributed by atoms with Crippen LogP contribution in [-0.4, -0.2) is 22.4 Å². The van der Waals surface area contributed by atoms with E-state index in [0.717, 1.165) is 12.8 Å². The Kier molecular flexibility index (Phi) is 13.0. The van der Waals surface area contributed by atoms with E-state index in [4.69, 9.17) is 10.8 Å². The highest BCUT2D eigenvalue weighted by atomic mass is 16.4. The number of hydrogen-bond donors (Lipinski definition) is 2. The predicted molar refractivity (Wildman–Crippen MR) is 95.5 cm³/mol. The largest absolute Gasteiger partial charge is 0.480 e. The number of Topliss-reactive ketones (excluding diaryl/α,β-unsaturated/α-hetero) is 1. The molecule has 1 atom stereocenters. The van der Waals surface area contributed by atoms with E-state index in [1.807, 2.05) is 0 Å². The maximum atomic E-state index is 11.7. The van der Waals surface area contributed by atoms with Crippen LogP contribution < -0.4 is 5.73 Å². The van der Waals surface area contributed by atoms with Gasteiger partial charge in [0, 0.05) is 6.42 Å². The highest BCUT2D eigenvalue weighted by Gasteiger charge is 2.39. The van der Waals surface area contributed by atoms with Crippen LogP contribution in [0.25, 0.3) is 0 Å². The highest BCUT2D eigenvalue weighted by Crippen LogP contribution is 2.18. The molecule has 0 amide bonds. The van der Waals surface area contributed by atoms with E-state index in [1.165, 1.54) is 57.8 Å². The Morgan fingerprint density at radius 2 is 1.17 bits per heavy atom. The number of hydrogen-bond acceptors (Lipinski definition) is 3. The normalized spacial score (nSPS) is 13.7. The first-order valence-corrected chi connectivity index (χ1v) is 9.54. The van der Waals surface area contributed by atoms with Gasteiger partial charge >= 0.3 is 5.97 Å². The number of carbonyl (C=O) groups excluding carboxylic acids is 1. The molecule has 0 aliphatic heterocycles. The molecule has 0 heterocycles. The van der Waals surface area contributed by atoms with Crippen LogP contribution in [0.1, 0.15) is 104 Å². The van der Waals surface area contributed by atoms with Gasteiger partial charge in [0.2, 0.25) is 0 Å². The van der Waals surface area contributed by atoms with E-state index in [1.54, 1.807) is 6.92 Å². The average molecular weight is 328 g/mol. The van der Waals surface area contributed by atoms with Gasteiger partial charge in [-0.15, -0.1) is 0 Å². The highest BCUT2D eigenvalue weighted by molar-refractivity contribution is 6.07. The Labute approximate surface area is 142 Å². The molecule has 0 aromatic heterocycles. The van der Waals surface area contributed by atoms with Crippen LogP contribution in [0.5, 0.6) is 0 Å². The van der Waals surface area contributed by atoms with Crippen molar-refractivity contribution in [3.8, 4) is 0 Å². The van der Waals surface area contributed by atoms with Crippen LogP contribution in [0.15, 0.2) is 0 Å². The number of nitrogens with two attached hydrogens (primary N) is 1. The van der Waals surface area contributed by atoms with Crippen molar-refractivity contribution in [2.75, 3.05) is 0 Å². The second kappa shape index (κ2) is 13.5. The third-order valence-corrected chi connectivity index (χ3v) is 4.62. The fourth-order valence-electron chi connectivity index (χ4n) is 2.93. The van der Waals surface area contributed by atoms with Crippen molar-refractivity contribution < 1.29 is 14.7 Å². The Bertz CT molecular complexity index is 331. The van der Waals surface area contributed by atoms with Gasteiger partial charge in [-0.05, 0) is 6.42 Å². The molecular weight excluding hydrogens is 290 g/mol. The molecule has 23 heavy (non-hydrogen) atoms. The Hall–Kier alpha value is -0.900. The van der Waals surface area contributed by atoms with Gasteiger partial charge in [0.25, 0.3) is 0 Å². The molecule has 0 radical (unpaired) electrons. The molecule has 0 spiro atoms. The Balaban J connectivity index is 3.58. The van der Waals surface area contributed by atoms with Crippen molar-refractivity contribution in [1.82, 2.24) is 0 Å². The van der Waals surface area contributed by atoms with E-state index in [9.17, 15) is 9.59 Å². The second-order valence-corrected chi connectivity index (χ2v) is 6.69. The maximum absolute atomic E-state index is 11.7. The quantitative estimate of drug-likeness (QED) is 0.314. The van der Waals surface area contributed by atoms with Crippen LogP contribution in [0, 0.1) is 0 Å².